The molecule has 0 atom stereocenters. The second-order valence-corrected chi connectivity index (χ2v) is 3.35. The number of thiol groups is 1. The number of anilines is 1. The minimum absolute atomic E-state index is 0.0217. The van der Waals surface area contributed by atoms with E-state index in [9.17, 15) is 9.18 Å². The topological polar surface area (TPSA) is 20.3 Å². The zero-order chi connectivity index (χ0) is 10.6. The molecule has 2 nitrogen and oxygen atoms in total. The predicted octanol–water partition coefficient (Wildman–Crippen LogP) is 2.11. The number of carbonyl (C=O) groups excluding carboxylic acids is 1. The van der Waals surface area contributed by atoms with E-state index >= 15 is 0 Å². The van der Waals surface area contributed by atoms with Crippen molar-refractivity contribution in [1.82, 2.24) is 0 Å². The Morgan fingerprint density at radius 3 is 2.50 bits per heavy atom. The summed E-state index contributed by atoms with van der Waals surface area (Å²) in [4.78, 5) is 12.9. The molecular formula is C10H12FNOS. The van der Waals surface area contributed by atoms with Crippen molar-refractivity contribution < 1.29 is 9.18 Å². The van der Waals surface area contributed by atoms with E-state index in [1.54, 1.807) is 19.2 Å². The Morgan fingerprint density at radius 2 is 2.00 bits per heavy atom. The monoisotopic (exact) mass is 213 g/mol. The van der Waals surface area contributed by atoms with Gasteiger partial charge in [-0.2, -0.15) is 12.6 Å². The number of hydrogen-bond acceptors (Lipinski definition) is 2. The molecule has 4 heteroatoms. The average Bonchev–Trinajstić information content (AvgIpc) is 2.18. The van der Waals surface area contributed by atoms with E-state index in [2.05, 4.69) is 12.6 Å². The van der Waals surface area contributed by atoms with Crippen molar-refractivity contribution in [2.24, 2.45) is 0 Å². The highest BCUT2D eigenvalue weighted by atomic mass is 32.1. The van der Waals surface area contributed by atoms with Crippen LogP contribution in [0.3, 0.4) is 0 Å². The van der Waals surface area contributed by atoms with Gasteiger partial charge in [-0.3, -0.25) is 4.79 Å². The molecule has 76 valence electrons. The standard InChI is InChI=1S/C10H12FNOS/c1-12(10(13)6-7-14)9-4-2-8(11)3-5-9/h2-5,14H,6-7H2,1H3. The molecule has 0 aliphatic heterocycles. The van der Waals surface area contributed by atoms with E-state index in [0.717, 1.165) is 0 Å². The van der Waals surface area contributed by atoms with Crippen molar-refractivity contribution in [3.05, 3.63) is 30.1 Å². The molecule has 0 unspecified atom stereocenters. The first-order valence-electron chi connectivity index (χ1n) is 4.28. The SMILES string of the molecule is CN(C(=O)CCS)c1ccc(F)cc1. The summed E-state index contributed by atoms with van der Waals surface area (Å²) >= 11 is 3.98. The van der Waals surface area contributed by atoms with Crippen LogP contribution in [0.5, 0.6) is 0 Å². The van der Waals surface area contributed by atoms with Gasteiger partial charge in [0.1, 0.15) is 5.82 Å². The number of hydrogen-bond donors (Lipinski definition) is 1. The second-order valence-electron chi connectivity index (χ2n) is 2.90. The Labute approximate surface area is 88.1 Å². The van der Waals surface area contributed by atoms with Crippen molar-refractivity contribution in [2.75, 3.05) is 17.7 Å². The summed E-state index contributed by atoms with van der Waals surface area (Å²) in [5.41, 5.74) is 0.693. The number of amides is 1. The van der Waals surface area contributed by atoms with Gasteiger partial charge in [-0.05, 0) is 30.0 Å². The van der Waals surface area contributed by atoms with Gasteiger partial charge in [-0.25, -0.2) is 4.39 Å². The molecule has 0 aromatic heterocycles. The number of halogens is 1. The number of carbonyl (C=O) groups is 1. The summed E-state index contributed by atoms with van der Waals surface area (Å²) in [6.07, 6.45) is 0.386. The molecule has 0 heterocycles. The van der Waals surface area contributed by atoms with Crippen LogP contribution in [0.4, 0.5) is 10.1 Å². The molecule has 0 aliphatic rings. The Bertz CT molecular complexity index is 312. The maximum Gasteiger partial charge on any atom is 0.227 e. The second kappa shape index (κ2) is 5.00. The van der Waals surface area contributed by atoms with E-state index in [4.69, 9.17) is 0 Å². The van der Waals surface area contributed by atoms with Crippen molar-refractivity contribution >= 4 is 24.2 Å². The van der Waals surface area contributed by atoms with Gasteiger partial charge in [-0.1, -0.05) is 0 Å². The van der Waals surface area contributed by atoms with E-state index in [-0.39, 0.29) is 11.7 Å². The molecule has 1 aromatic rings. The lowest BCUT2D eigenvalue weighted by Gasteiger charge is -2.16. The van der Waals surface area contributed by atoms with Crippen LogP contribution in [0.15, 0.2) is 24.3 Å². The summed E-state index contributed by atoms with van der Waals surface area (Å²) in [6, 6.07) is 5.82. The Morgan fingerprint density at radius 1 is 1.43 bits per heavy atom. The Balaban J connectivity index is 2.73. The molecule has 0 bridgehead atoms. The van der Waals surface area contributed by atoms with E-state index in [1.807, 2.05) is 0 Å². The van der Waals surface area contributed by atoms with Crippen LogP contribution >= 0.6 is 12.6 Å². The van der Waals surface area contributed by atoms with Crippen LogP contribution in [0.1, 0.15) is 6.42 Å². The molecule has 1 amide bonds. The third kappa shape index (κ3) is 2.73. The van der Waals surface area contributed by atoms with Gasteiger partial charge in [0, 0.05) is 19.2 Å². The smallest absolute Gasteiger partial charge is 0.227 e. The lowest BCUT2D eigenvalue weighted by Crippen LogP contribution is -2.26. The minimum Gasteiger partial charge on any atom is -0.315 e. The molecule has 0 spiro atoms. The third-order valence-electron chi connectivity index (χ3n) is 1.91. The Hall–Kier alpha value is -1.03. The molecule has 14 heavy (non-hydrogen) atoms. The zero-order valence-corrected chi connectivity index (χ0v) is 8.80. The highest BCUT2D eigenvalue weighted by Gasteiger charge is 2.09. The maximum absolute atomic E-state index is 12.6. The average molecular weight is 213 g/mol. The molecule has 0 N–H and O–H groups in total. The number of benzene rings is 1. The summed E-state index contributed by atoms with van der Waals surface area (Å²) in [5, 5.41) is 0. The van der Waals surface area contributed by atoms with Crippen LogP contribution in [-0.4, -0.2) is 18.7 Å². The first-order chi connectivity index (χ1) is 6.65. The van der Waals surface area contributed by atoms with Crippen LogP contribution < -0.4 is 4.90 Å². The largest absolute Gasteiger partial charge is 0.315 e. The van der Waals surface area contributed by atoms with Crippen molar-refractivity contribution in [2.45, 2.75) is 6.42 Å². The minimum atomic E-state index is -0.302. The summed E-state index contributed by atoms with van der Waals surface area (Å²) in [5.74, 6) is 0.195. The highest BCUT2D eigenvalue weighted by Crippen LogP contribution is 2.13. The van der Waals surface area contributed by atoms with Gasteiger partial charge in [0.25, 0.3) is 0 Å². The third-order valence-corrected chi connectivity index (χ3v) is 2.14. The van der Waals surface area contributed by atoms with Crippen LogP contribution in [0, 0.1) is 5.82 Å². The first-order valence-corrected chi connectivity index (χ1v) is 4.91. The summed E-state index contributed by atoms with van der Waals surface area (Å²) < 4.78 is 12.6. The molecular weight excluding hydrogens is 201 g/mol. The van der Waals surface area contributed by atoms with Crippen molar-refractivity contribution in [3.8, 4) is 0 Å². The lowest BCUT2D eigenvalue weighted by molar-refractivity contribution is -0.117. The molecule has 1 aromatic carbocycles. The molecule has 0 fully saturated rings. The first kappa shape index (κ1) is 11.0. The van der Waals surface area contributed by atoms with E-state index < -0.39 is 0 Å². The lowest BCUT2D eigenvalue weighted by atomic mass is 10.3. The van der Waals surface area contributed by atoms with Gasteiger partial charge in [0.15, 0.2) is 0 Å². The van der Waals surface area contributed by atoms with Crippen molar-refractivity contribution in [3.63, 3.8) is 0 Å². The normalized spacial score (nSPS) is 9.93. The molecule has 0 saturated heterocycles. The quantitative estimate of drug-likeness (QED) is 0.762. The fraction of sp³-hybridized carbons (Fsp3) is 0.300. The van der Waals surface area contributed by atoms with Crippen molar-refractivity contribution in [1.29, 1.82) is 0 Å². The van der Waals surface area contributed by atoms with Gasteiger partial charge in [0.05, 0.1) is 0 Å². The van der Waals surface area contributed by atoms with Gasteiger partial charge < -0.3 is 4.90 Å². The number of rotatable bonds is 3. The molecule has 1 rings (SSSR count). The molecule has 0 saturated carbocycles. The van der Waals surface area contributed by atoms with E-state index in [1.165, 1.54) is 17.0 Å². The fourth-order valence-corrected chi connectivity index (χ4v) is 1.26. The van der Waals surface area contributed by atoms with Gasteiger partial charge in [0.2, 0.25) is 5.91 Å². The summed E-state index contributed by atoms with van der Waals surface area (Å²) in [6.45, 7) is 0. The van der Waals surface area contributed by atoms with Gasteiger partial charge >= 0.3 is 0 Å². The predicted molar refractivity (Wildman–Crippen MR) is 58.3 cm³/mol. The number of nitrogens with zero attached hydrogens (tertiary/aromatic N) is 1. The molecule has 0 aliphatic carbocycles. The highest BCUT2D eigenvalue weighted by molar-refractivity contribution is 7.80. The Kier molecular flexibility index (Phi) is 3.95. The van der Waals surface area contributed by atoms with Crippen LogP contribution in [0.2, 0.25) is 0 Å². The van der Waals surface area contributed by atoms with Crippen LogP contribution in [0.25, 0.3) is 0 Å². The van der Waals surface area contributed by atoms with E-state index in [0.29, 0.717) is 17.9 Å². The van der Waals surface area contributed by atoms with Gasteiger partial charge in [-0.15, -0.1) is 0 Å². The fourth-order valence-electron chi connectivity index (χ4n) is 1.07. The summed E-state index contributed by atoms with van der Waals surface area (Å²) in [7, 11) is 1.67. The molecule has 0 radical (unpaired) electrons. The zero-order valence-electron chi connectivity index (χ0n) is 7.90. The van der Waals surface area contributed by atoms with Crippen LogP contribution in [-0.2, 0) is 4.79 Å². The maximum atomic E-state index is 12.6.